The van der Waals surface area contributed by atoms with Gasteiger partial charge in [0.25, 0.3) is 5.91 Å². The molecular formula is C14H14N2O2. The molecule has 0 aromatic heterocycles. The van der Waals surface area contributed by atoms with Crippen LogP contribution in [0.1, 0.15) is 15.9 Å². The number of nitrogens with one attached hydrogen (secondary N) is 1. The van der Waals surface area contributed by atoms with Crippen LogP contribution in [0.15, 0.2) is 42.5 Å². The van der Waals surface area contributed by atoms with Crippen molar-refractivity contribution < 1.29 is 9.90 Å². The third-order valence-corrected chi connectivity index (χ3v) is 2.60. The third kappa shape index (κ3) is 2.60. The highest BCUT2D eigenvalue weighted by Gasteiger charge is 2.06. The van der Waals surface area contributed by atoms with Crippen molar-refractivity contribution in [2.24, 2.45) is 0 Å². The number of hydrogen-bond acceptors (Lipinski definition) is 3. The maximum atomic E-state index is 11.9. The lowest BCUT2D eigenvalue weighted by atomic mass is 10.1. The van der Waals surface area contributed by atoms with Gasteiger partial charge in [0.2, 0.25) is 0 Å². The molecule has 0 radical (unpaired) electrons. The van der Waals surface area contributed by atoms with Gasteiger partial charge >= 0.3 is 0 Å². The number of phenols is 1. The monoisotopic (exact) mass is 242 g/mol. The van der Waals surface area contributed by atoms with Gasteiger partial charge in [0, 0.05) is 11.3 Å². The van der Waals surface area contributed by atoms with E-state index < -0.39 is 0 Å². The van der Waals surface area contributed by atoms with Crippen molar-refractivity contribution in [3.8, 4) is 5.75 Å². The molecule has 18 heavy (non-hydrogen) atoms. The lowest BCUT2D eigenvalue weighted by Gasteiger charge is -2.07. The Hall–Kier alpha value is -2.49. The lowest BCUT2D eigenvalue weighted by Crippen LogP contribution is -2.11. The van der Waals surface area contributed by atoms with Crippen molar-refractivity contribution in [2.45, 2.75) is 6.92 Å². The molecule has 4 heteroatoms. The second-order valence-corrected chi connectivity index (χ2v) is 4.09. The van der Waals surface area contributed by atoms with E-state index in [2.05, 4.69) is 5.32 Å². The Morgan fingerprint density at radius 3 is 2.44 bits per heavy atom. The molecule has 0 aliphatic rings. The van der Waals surface area contributed by atoms with Crippen LogP contribution < -0.4 is 11.1 Å². The average Bonchev–Trinajstić information content (AvgIpc) is 2.34. The maximum absolute atomic E-state index is 11.9. The van der Waals surface area contributed by atoms with E-state index in [4.69, 9.17) is 5.73 Å². The van der Waals surface area contributed by atoms with Crippen LogP contribution in [0.3, 0.4) is 0 Å². The van der Waals surface area contributed by atoms with Crippen molar-refractivity contribution in [1.82, 2.24) is 0 Å². The Balaban J connectivity index is 2.16. The van der Waals surface area contributed by atoms with Gasteiger partial charge in [0.1, 0.15) is 5.75 Å². The van der Waals surface area contributed by atoms with Gasteiger partial charge in [-0.3, -0.25) is 4.79 Å². The van der Waals surface area contributed by atoms with Crippen LogP contribution in [-0.4, -0.2) is 11.0 Å². The number of benzene rings is 2. The van der Waals surface area contributed by atoms with Crippen LogP contribution in [0.25, 0.3) is 0 Å². The molecule has 0 atom stereocenters. The summed E-state index contributed by atoms with van der Waals surface area (Å²) in [7, 11) is 0. The number of anilines is 2. The predicted octanol–water partition coefficient (Wildman–Crippen LogP) is 2.54. The van der Waals surface area contributed by atoms with E-state index in [1.54, 1.807) is 18.2 Å². The zero-order chi connectivity index (χ0) is 13.1. The van der Waals surface area contributed by atoms with Gasteiger partial charge in [-0.05, 0) is 37.3 Å². The first-order valence-corrected chi connectivity index (χ1v) is 5.53. The van der Waals surface area contributed by atoms with E-state index in [-0.39, 0.29) is 17.3 Å². The topological polar surface area (TPSA) is 75.3 Å². The quantitative estimate of drug-likeness (QED) is 0.430. The SMILES string of the molecule is Cc1ccc(C(=O)Nc2ccc(O)c(N)c2)cc1. The minimum absolute atomic E-state index is 0.00309. The smallest absolute Gasteiger partial charge is 0.255 e. The largest absolute Gasteiger partial charge is 0.506 e. The first kappa shape index (κ1) is 12.0. The molecular weight excluding hydrogens is 228 g/mol. The molecule has 4 N–H and O–H groups in total. The van der Waals surface area contributed by atoms with Gasteiger partial charge in [-0.1, -0.05) is 17.7 Å². The number of amides is 1. The van der Waals surface area contributed by atoms with Gasteiger partial charge in [0.15, 0.2) is 0 Å². The minimum Gasteiger partial charge on any atom is -0.506 e. The molecule has 0 bridgehead atoms. The van der Waals surface area contributed by atoms with E-state index in [0.29, 0.717) is 11.3 Å². The molecule has 4 nitrogen and oxygen atoms in total. The molecule has 0 unspecified atom stereocenters. The van der Waals surface area contributed by atoms with Crippen molar-refractivity contribution in [3.63, 3.8) is 0 Å². The Morgan fingerprint density at radius 1 is 1.17 bits per heavy atom. The molecule has 0 saturated carbocycles. The third-order valence-electron chi connectivity index (χ3n) is 2.60. The molecule has 92 valence electrons. The summed E-state index contributed by atoms with van der Waals surface area (Å²) in [6.45, 7) is 1.96. The van der Waals surface area contributed by atoms with E-state index in [1.165, 1.54) is 12.1 Å². The molecule has 0 fully saturated rings. The Bertz CT molecular complexity index is 577. The molecule has 0 aliphatic carbocycles. The van der Waals surface area contributed by atoms with Crippen LogP contribution in [0.4, 0.5) is 11.4 Å². The Morgan fingerprint density at radius 2 is 1.83 bits per heavy atom. The maximum Gasteiger partial charge on any atom is 0.255 e. The number of carbonyl (C=O) groups excluding carboxylic acids is 1. The highest BCUT2D eigenvalue weighted by Crippen LogP contribution is 2.23. The summed E-state index contributed by atoms with van der Waals surface area (Å²) in [6, 6.07) is 11.8. The number of phenolic OH excluding ortho intramolecular Hbond substituents is 1. The summed E-state index contributed by atoms with van der Waals surface area (Å²) in [5.41, 5.74) is 8.01. The minimum atomic E-state index is -0.208. The zero-order valence-corrected chi connectivity index (χ0v) is 9.97. The molecule has 2 aromatic carbocycles. The fourth-order valence-corrected chi connectivity index (χ4v) is 1.54. The molecule has 2 aromatic rings. The van der Waals surface area contributed by atoms with Crippen molar-refractivity contribution in [1.29, 1.82) is 0 Å². The van der Waals surface area contributed by atoms with E-state index in [1.807, 2.05) is 19.1 Å². The molecule has 2 rings (SSSR count). The number of rotatable bonds is 2. The first-order valence-electron chi connectivity index (χ1n) is 5.53. The van der Waals surface area contributed by atoms with E-state index in [0.717, 1.165) is 5.56 Å². The fraction of sp³-hybridized carbons (Fsp3) is 0.0714. The number of nitrogen functional groups attached to an aromatic ring is 1. The number of aryl methyl sites for hydroxylation is 1. The van der Waals surface area contributed by atoms with Crippen LogP contribution in [-0.2, 0) is 0 Å². The predicted molar refractivity (Wildman–Crippen MR) is 71.7 cm³/mol. The number of carbonyl (C=O) groups is 1. The van der Waals surface area contributed by atoms with Crippen molar-refractivity contribution >= 4 is 17.3 Å². The zero-order valence-electron chi connectivity index (χ0n) is 9.97. The van der Waals surface area contributed by atoms with Gasteiger partial charge in [-0.15, -0.1) is 0 Å². The van der Waals surface area contributed by atoms with Crippen LogP contribution >= 0.6 is 0 Å². The van der Waals surface area contributed by atoms with Gasteiger partial charge < -0.3 is 16.2 Å². The number of aromatic hydroxyl groups is 1. The highest BCUT2D eigenvalue weighted by molar-refractivity contribution is 6.04. The average molecular weight is 242 g/mol. The van der Waals surface area contributed by atoms with E-state index in [9.17, 15) is 9.90 Å². The molecule has 0 aliphatic heterocycles. The molecule has 1 amide bonds. The lowest BCUT2D eigenvalue weighted by molar-refractivity contribution is 0.102. The summed E-state index contributed by atoms with van der Waals surface area (Å²) < 4.78 is 0. The molecule has 0 heterocycles. The van der Waals surface area contributed by atoms with Crippen LogP contribution in [0.2, 0.25) is 0 Å². The Labute approximate surface area is 105 Å². The second kappa shape index (κ2) is 4.79. The number of hydrogen-bond donors (Lipinski definition) is 3. The highest BCUT2D eigenvalue weighted by atomic mass is 16.3. The summed E-state index contributed by atoms with van der Waals surface area (Å²) in [6.07, 6.45) is 0. The van der Waals surface area contributed by atoms with E-state index >= 15 is 0 Å². The van der Waals surface area contributed by atoms with Crippen molar-refractivity contribution in [2.75, 3.05) is 11.1 Å². The normalized spacial score (nSPS) is 10.1. The summed E-state index contributed by atoms with van der Waals surface area (Å²) in [5, 5.41) is 12.0. The second-order valence-electron chi connectivity index (χ2n) is 4.09. The fourth-order valence-electron chi connectivity index (χ4n) is 1.54. The molecule has 0 spiro atoms. The van der Waals surface area contributed by atoms with Gasteiger partial charge in [0.05, 0.1) is 5.69 Å². The van der Waals surface area contributed by atoms with Crippen molar-refractivity contribution in [3.05, 3.63) is 53.6 Å². The summed E-state index contributed by atoms with van der Waals surface area (Å²) >= 11 is 0. The Kier molecular flexibility index (Phi) is 3.19. The first-order chi connectivity index (χ1) is 8.56. The number of nitrogens with two attached hydrogens (primary N) is 1. The van der Waals surface area contributed by atoms with Gasteiger partial charge in [-0.2, -0.15) is 0 Å². The van der Waals surface area contributed by atoms with Gasteiger partial charge in [-0.25, -0.2) is 0 Å². The molecule has 0 saturated heterocycles. The standard InChI is InChI=1S/C14H14N2O2/c1-9-2-4-10(5-3-9)14(18)16-11-6-7-13(17)12(15)8-11/h2-8,17H,15H2,1H3,(H,16,18). The summed E-state index contributed by atoms with van der Waals surface area (Å²) in [5.74, 6) is -0.205. The summed E-state index contributed by atoms with van der Waals surface area (Å²) in [4.78, 5) is 11.9. The van der Waals surface area contributed by atoms with Crippen LogP contribution in [0.5, 0.6) is 5.75 Å². The van der Waals surface area contributed by atoms with Crippen LogP contribution in [0, 0.1) is 6.92 Å².